The number of carbonyl (C=O) groups is 1. The fourth-order valence-electron chi connectivity index (χ4n) is 2.12. The Hall–Kier alpha value is -1.12. The topological polar surface area (TPSA) is 34.9 Å². The summed E-state index contributed by atoms with van der Waals surface area (Å²) in [6, 6.07) is 0. The first kappa shape index (κ1) is 14.9. The first-order chi connectivity index (χ1) is 8.74. The molecule has 1 aromatic rings. The number of unbranched alkanes of at least 4 members (excludes halogenated alkanes) is 5. The second-order valence-corrected chi connectivity index (χ2v) is 5.01. The highest BCUT2D eigenvalue weighted by atomic mass is 16.1. The summed E-state index contributed by atoms with van der Waals surface area (Å²) in [5.41, 5.74) is 0. The predicted octanol–water partition coefficient (Wildman–Crippen LogP) is 3.67. The maximum Gasteiger partial charge on any atom is 0.133 e. The van der Waals surface area contributed by atoms with Crippen LogP contribution in [0.2, 0.25) is 0 Å². The fraction of sp³-hybridized carbons (Fsp3) is 0.733. The molecule has 0 unspecified atom stereocenters. The van der Waals surface area contributed by atoms with E-state index in [0.29, 0.717) is 12.2 Å². The van der Waals surface area contributed by atoms with Crippen LogP contribution in [0.1, 0.15) is 64.1 Å². The van der Waals surface area contributed by atoms with Gasteiger partial charge in [-0.3, -0.25) is 4.79 Å². The first-order valence-corrected chi connectivity index (χ1v) is 7.22. The summed E-state index contributed by atoms with van der Waals surface area (Å²) in [5.74, 6) is 1.39. The standard InChI is InChI=1S/C15H26N2O/c1-3-4-5-6-7-8-9-14(18)10-11-15-16-12-13-17(15)2/h12-13H,3-11H2,1-2H3. The highest BCUT2D eigenvalue weighted by Gasteiger charge is 2.05. The molecular formula is C15H26N2O. The number of ketones is 1. The molecule has 0 amide bonds. The largest absolute Gasteiger partial charge is 0.338 e. The highest BCUT2D eigenvalue weighted by molar-refractivity contribution is 5.78. The Balaban J connectivity index is 2.02. The molecule has 0 bridgehead atoms. The number of rotatable bonds is 10. The maximum atomic E-state index is 11.7. The van der Waals surface area contributed by atoms with Gasteiger partial charge in [-0.2, -0.15) is 0 Å². The molecule has 3 nitrogen and oxygen atoms in total. The Kier molecular flexibility index (Phi) is 7.38. The Labute approximate surface area is 111 Å². The van der Waals surface area contributed by atoms with E-state index in [4.69, 9.17) is 0 Å². The van der Waals surface area contributed by atoms with Crippen LogP contribution in [0.4, 0.5) is 0 Å². The monoisotopic (exact) mass is 250 g/mol. The molecular weight excluding hydrogens is 224 g/mol. The lowest BCUT2D eigenvalue weighted by molar-refractivity contribution is -0.119. The number of aryl methyl sites for hydroxylation is 2. The van der Waals surface area contributed by atoms with Crippen LogP contribution in [0.5, 0.6) is 0 Å². The van der Waals surface area contributed by atoms with Gasteiger partial charge in [-0.15, -0.1) is 0 Å². The van der Waals surface area contributed by atoms with Crippen molar-refractivity contribution in [2.24, 2.45) is 7.05 Å². The second kappa shape index (κ2) is 8.90. The van der Waals surface area contributed by atoms with Gasteiger partial charge < -0.3 is 4.57 Å². The third-order valence-electron chi connectivity index (χ3n) is 3.36. The van der Waals surface area contributed by atoms with Gasteiger partial charge in [0, 0.05) is 38.7 Å². The van der Waals surface area contributed by atoms with Gasteiger partial charge in [0.05, 0.1) is 0 Å². The zero-order valence-electron chi connectivity index (χ0n) is 11.8. The SMILES string of the molecule is CCCCCCCCC(=O)CCc1nccn1C. The Bertz CT molecular complexity index is 344. The summed E-state index contributed by atoms with van der Waals surface area (Å²) >= 11 is 0. The van der Waals surface area contributed by atoms with Crippen LogP contribution in [-0.4, -0.2) is 15.3 Å². The number of Topliss-reactive ketones (excluding diaryl/α,β-unsaturated/α-hetero) is 1. The summed E-state index contributed by atoms with van der Waals surface area (Å²) in [4.78, 5) is 15.9. The molecule has 0 aliphatic carbocycles. The Morgan fingerprint density at radius 3 is 2.56 bits per heavy atom. The van der Waals surface area contributed by atoms with Crippen molar-refractivity contribution in [1.29, 1.82) is 0 Å². The molecule has 18 heavy (non-hydrogen) atoms. The number of imidazole rings is 1. The Morgan fingerprint density at radius 1 is 1.17 bits per heavy atom. The van der Waals surface area contributed by atoms with Gasteiger partial charge in [0.25, 0.3) is 0 Å². The van der Waals surface area contributed by atoms with Gasteiger partial charge in [-0.05, 0) is 6.42 Å². The molecule has 0 saturated carbocycles. The molecule has 0 aliphatic rings. The molecule has 3 heteroatoms. The smallest absolute Gasteiger partial charge is 0.133 e. The number of nitrogens with zero attached hydrogens (tertiary/aromatic N) is 2. The van der Waals surface area contributed by atoms with Gasteiger partial charge in [0.1, 0.15) is 11.6 Å². The predicted molar refractivity (Wildman–Crippen MR) is 74.5 cm³/mol. The van der Waals surface area contributed by atoms with E-state index in [0.717, 1.165) is 25.1 Å². The lowest BCUT2D eigenvalue weighted by Crippen LogP contribution is -2.04. The lowest BCUT2D eigenvalue weighted by atomic mass is 10.1. The second-order valence-electron chi connectivity index (χ2n) is 5.01. The molecule has 1 heterocycles. The fourth-order valence-corrected chi connectivity index (χ4v) is 2.12. The van der Waals surface area contributed by atoms with Crippen LogP contribution in [0.15, 0.2) is 12.4 Å². The van der Waals surface area contributed by atoms with Gasteiger partial charge in [-0.25, -0.2) is 4.98 Å². The van der Waals surface area contributed by atoms with E-state index in [1.807, 2.05) is 17.8 Å². The van der Waals surface area contributed by atoms with Crippen molar-refractivity contribution in [1.82, 2.24) is 9.55 Å². The Morgan fingerprint density at radius 2 is 1.89 bits per heavy atom. The third kappa shape index (κ3) is 5.99. The number of aromatic nitrogens is 2. The quantitative estimate of drug-likeness (QED) is 0.594. The summed E-state index contributed by atoms with van der Waals surface area (Å²) in [5, 5.41) is 0. The van der Waals surface area contributed by atoms with Crippen LogP contribution in [0.25, 0.3) is 0 Å². The van der Waals surface area contributed by atoms with Crippen molar-refractivity contribution in [3.63, 3.8) is 0 Å². The summed E-state index contributed by atoms with van der Waals surface area (Å²) in [7, 11) is 1.97. The number of hydrogen-bond donors (Lipinski definition) is 0. The minimum absolute atomic E-state index is 0.383. The van der Waals surface area contributed by atoms with Crippen molar-refractivity contribution >= 4 is 5.78 Å². The zero-order chi connectivity index (χ0) is 13.2. The average molecular weight is 250 g/mol. The molecule has 0 radical (unpaired) electrons. The molecule has 0 fully saturated rings. The summed E-state index contributed by atoms with van der Waals surface area (Å²) in [6.07, 6.45) is 13.3. The van der Waals surface area contributed by atoms with Crippen molar-refractivity contribution < 1.29 is 4.79 Å². The molecule has 0 spiro atoms. The normalized spacial score (nSPS) is 10.8. The van der Waals surface area contributed by atoms with Crippen LogP contribution >= 0.6 is 0 Å². The molecule has 1 aromatic heterocycles. The third-order valence-corrected chi connectivity index (χ3v) is 3.36. The first-order valence-electron chi connectivity index (χ1n) is 7.22. The maximum absolute atomic E-state index is 11.7. The molecule has 0 N–H and O–H groups in total. The van der Waals surface area contributed by atoms with Crippen molar-refractivity contribution in [3.05, 3.63) is 18.2 Å². The molecule has 0 saturated heterocycles. The van der Waals surface area contributed by atoms with Gasteiger partial charge in [0.2, 0.25) is 0 Å². The molecule has 0 aromatic carbocycles. The zero-order valence-corrected chi connectivity index (χ0v) is 11.8. The van der Waals surface area contributed by atoms with Crippen molar-refractivity contribution in [3.8, 4) is 0 Å². The van der Waals surface area contributed by atoms with E-state index < -0.39 is 0 Å². The minimum Gasteiger partial charge on any atom is -0.338 e. The molecule has 102 valence electrons. The van der Waals surface area contributed by atoms with Crippen molar-refractivity contribution in [2.45, 2.75) is 64.7 Å². The van der Waals surface area contributed by atoms with Gasteiger partial charge in [-0.1, -0.05) is 39.0 Å². The lowest BCUT2D eigenvalue weighted by Gasteiger charge is -2.02. The van der Waals surface area contributed by atoms with Crippen LogP contribution in [-0.2, 0) is 18.3 Å². The highest BCUT2D eigenvalue weighted by Crippen LogP contribution is 2.09. The van der Waals surface area contributed by atoms with Gasteiger partial charge >= 0.3 is 0 Å². The van der Waals surface area contributed by atoms with E-state index in [1.165, 1.54) is 32.1 Å². The van der Waals surface area contributed by atoms with Crippen molar-refractivity contribution in [2.75, 3.05) is 0 Å². The molecule has 1 rings (SSSR count). The number of carbonyl (C=O) groups excluding carboxylic acids is 1. The molecule has 0 aliphatic heterocycles. The average Bonchev–Trinajstić information content (AvgIpc) is 2.77. The number of hydrogen-bond acceptors (Lipinski definition) is 2. The van der Waals surface area contributed by atoms with E-state index >= 15 is 0 Å². The van der Waals surface area contributed by atoms with Crippen LogP contribution in [0, 0.1) is 0 Å². The van der Waals surface area contributed by atoms with E-state index in [2.05, 4.69) is 11.9 Å². The molecule has 0 atom stereocenters. The van der Waals surface area contributed by atoms with Crippen LogP contribution < -0.4 is 0 Å². The van der Waals surface area contributed by atoms with Crippen LogP contribution in [0.3, 0.4) is 0 Å². The minimum atomic E-state index is 0.383. The van der Waals surface area contributed by atoms with E-state index in [-0.39, 0.29) is 0 Å². The van der Waals surface area contributed by atoms with E-state index in [1.54, 1.807) is 6.20 Å². The summed E-state index contributed by atoms with van der Waals surface area (Å²) in [6.45, 7) is 2.22. The van der Waals surface area contributed by atoms with E-state index in [9.17, 15) is 4.79 Å². The van der Waals surface area contributed by atoms with Gasteiger partial charge in [0.15, 0.2) is 0 Å². The summed E-state index contributed by atoms with van der Waals surface area (Å²) < 4.78 is 1.98.